The fourth-order valence-electron chi connectivity index (χ4n) is 2.47. The predicted molar refractivity (Wildman–Crippen MR) is 60.9 cm³/mol. The molecule has 2 rings (SSSR count). The highest BCUT2D eigenvalue weighted by Crippen LogP contribution is 2.39. The number of rotatable bonds is 2. The van der Waals surface area contributed by atoms with Gasteiger partial charge in [0.2, 0.25) is 0 Å². The molecule has 1 aromatic carbocycles. The molecule has 1 aliphatic rings. The van der Waals surface area contributed by atoms with Gasteiger partial charge in [-0.25, -0.2) is 0 Å². The van der Waals surface area contributed by atoms with Gasteiger partial charge in [-0.05, 0) is 24.9 Å². The van der Waals surface area contributed by atoms with Crippen molar-refractivity contribution in [3.05, 3.63) is 35.9 Å². The van der Waals surface area contributed by atoms with E-state index < -0.39 is 18.1 Å². The molecule has 1 fully saturated rings. The van der Waals surface area contributed by atoms with Gasteiger partial charge >= 0.3 is 6.18 Å². The summed E-state index contributed by atoms with van der Waals surface area (Å²) >= 11 is 0. The number of hydrogen-bond acceptors (Lipinski definition) is 1. The largest absolute Gasteiger partial charge is 0.397 e. The zero-order valence-electron chi connectivity index (χ0n) is 9.50. The summed E-state index contributed by atoms with van der Waals surface area (Å²) in [5, 5.41) is 3.00. The van der Waals surface area contributed by atoms with Gasteiger partial charge < -0.3 is 5.32 Å². The summed E-state index contributed by atoms with van der Waals surface area (Å²) in [5.41, 5.74) is 0.361. The number of halogens is 3. The molecule has 0 spiro atoms. The van der Waals surface area contributed by atoms with E-state index in [2.05, 4.69) is 5.32 Å². The summed E-state index contributed by atoms with van der Waals surface area (Å²) in [6.07, 6.45) is -1.75. The van der Waals surface area contributed by atoms with Crippen LogP contribution in [0.3, 0.4) is 0 Å². The molecule has 4 heteroatoms. The van der Waals surface area contributed by atoms with E-state index in [9.17, 15) is 13.2 Å². The monoisotopic (exact) mass is 243 g/mol. The minimum Gasteiger partial charge on any atom is -0.313 e. The summed E-state index contributed by atoms with van der Waals surface area (Å²) in [6, 6.07) is 7.72. The first-order valence-electron chi connectivity index (χ1n) is 5.94. The number of nitrogens with one attached hydrogen (secondary N) is 1. The standard InChI is InChI=1S/C13H16F3N/c14-13(15,16)12(10-6-2-1-3-7-10)11-8-4-5-9-17-11/h1-3,6-7,11-12,17H,4-5,8-9H2. The first-order valence-corrected chi connectivity index (χ1v) is 5.94. The molecular formula is C13H16F3N. The molecule has 1 heterocycles. The zero-order chi connectivity index (χ0) is 12.3. The molecule has 1 saturated heterocycles. The maximum absolute atomic E-state index is 13.2. The van der Waals surface area contributed by atoms with Crippen LogP contribution in [0.1, 0.15) is 30.7 Å². The Kier molecular flexibility index (Phi) is 3.72. The first kappa shape index (κ1) is 12.4. The normalized spacial score (nSPS) is 23.4. The average molecular weight is 243 g/mol. The van der Waals surface area contributed by atoms with Crippen LogP contribution in [-0.2, 0) is 0 Å². The third-order valence-corrected chi connectivity index (χ3v) is 3.26. The van der Waals surface area contributed by atoms with E-state index in [0.717, 1.165) is 12.8 Å². The number of hydrogen-bond donors (Lipinski definition) is 1. The van der Waals surface area contributed by atoms with E-state index >= 15 is 0 Å². The fourth-order valence-corrected chi connectivity index (χ4v) is 2.47. The lowest BCUT2D eigenvalue weighted by Crippen LogP contribution is -2.44. The quantitative estimate of drug-likeness (QED) is 0.838. The van der Waals surface area contributed by atoms with Crippen LogP contribution in [0.2, 0.25) is 0 Å². The topological polar surface area (TPSA) is 12.0 Å². The first-order chi connectivity index (χ1) is 8.09. The Morgan fingerprint density at radius 2 is 1.82 bits per heavy atom. The third kappa shape index (κ3) is 3.00. The van der Waals surface area contributed by atoms with Crippen LogP contribution in [0.5, 0.6) is 0 Å². The summed E-state index contributed by atoms with van der Waals surface area (Å²) in [6.45, 7) is 0.685. The van der Waals surface area contributed by atoms with E-state index in [0.29, 0.717) is 18.5 Å². The maximum Gasteiger partial charge on any atom is 0.397 e. The highest BCUT2D eigenvalue weighted by molar-refractivity contribution is 5.23. The minimum absolute atomic E-state index is 0.361. The third-order valence-electron chi connectivity index (χ3n) is 3.26. The molecular weight excluding hydrogens is 227 g/mol. The van der Waals surface area contributed by atoms with Crippen molar-refractivity contribution >= 4 is 0 Å². The Balaban J connectivity index is 2.25. The van der Waals surface area contributed by atoms with Crippen LogP contribution in [0, 0.1) is 0 Å². The van der Waals surface area contributed by atoms with Gasteiger partial charge in [0.05, 0.1) is 5.92 Å². The Hall–Kier alpha value is -1.03. The smallest absolute Gasteiger partial charge is 0.313 e. The molecule has 1 aliphatic heterocycles. The summed E-state index contributed by atoms with van der Waals surface area (Å²) in [5.74, 6) is -1.39. The van der Waals surface area contributed by atoms with Crippen molar-refractivity contribution in [1.82, 2.24) is 5.32 Å². The molecule has 0 saturated carbocycles. The average Bonchev–Trinajstić information content (AvgIpc) is 2.30. The van der Waals surface area contributed by atoms with Gasteiger partial charge in [0.1, 0.15) is 0 Å². The van der Waals surface area contributed by atoms with Gasteiger partial charge in [-0.3, -0.25) is 0 Å². The van der Waals surface area contributed by atoms with Gasteiger partial charge in [-0.15, -0.1) is 0 Å². The Labute approximate surface area is 99.0 Å². The van der Waals surface area contributed by atoms with Gasteiger partial charge in [-0.1, -0.05) is 36.8 Å². The van der Waals surface area contributed by atoms with Gasteiger partial charge in [0.25, 0.3) is 0 Å². The van der Waals surface area contributed by atoms with Crippen LogP contribution >= 0.6 is 0 Å². The Morgan fingerprint density at radius 1 is 1.12 bits per heavy atom. The number of alkyl halides is 3. The van der Waals surface area contributed by atoms with Crippen LogP contribution in [0.4, 0.5) is 13.2 Å². The fraction of sp³-hybridized carbons (Fsp3) is 0.538. The Morgan fingerprint density at radius 3 is 2.35 bits per heavy atom. The van der Waals surface area contributed by atoms with Crippen molar-refractivity contribution < 1.29 is 13.2 Å². The second-order valence-corrected chi connectivity index (χ2v) is 4.49. The molecule has 0 bridgehead atoms. The second-order valence-electron chi connectivity index (χ2n) is 4.49. The van der Waals surface area contributed by atoms with Crippen molar-refractivity contribution in [3.63, 3.8) is 0 Å². The lowest BCUT2D eigenvalue weighted by atomic mass is 9.86. The maximum atomic E-state index is 13.2. The van der Waals surface area contributed by atoms with E-state index in [-0.39, 0.29) is 0 Å². The molecule has 1 N–H and O–H groups in total. The van der Waals surface area contributed by atoms with Gasteiger partial charge in [0, 0.05) is 6.04 Å². The van der Waals surface area contributed by atoms with Gasteiger partial charge in [-0.2, -0.15) is 13.2 Å². The molecule has 2 atom stereocenters. The van der Waals surface area contributed by atoms with E-state index in [4.69, 9.17) is 0 Å². The summed E-state index contributed by atoms with van der Waals surface area (Å²) in [4.78, 5) is 0. The number of piperidine rings is 1. The van der Waals surface area contributed by atoms with Crippen LogP contribution in [0.15, 0.2) is 30.3 Å². The SMILES string of the molecule is FC(F)(F)C(c1ccccc1)C1CCCCN1. The lowest BCUT2D eigenvalue weighted by molar-refractivity contribution is -0.158. The minimum atomic E-state index is -4.18. The highest BCUT2D eigenvalue weighted by Gasteiger charge is 2.45. The molecule has 1 nitrogen and oxygen atoms in total. The van der Waals surface area contributed by atoms with Crippen LogP contribution < -0.4 is 5.32 Å². The van der Waals surface area contributed by atoms with Crippen molar-refractivity contribution in [3.8, 4) is 0 Å². The molecule has 1 aromatic rings. The van der Waals surface area contributed by atoms with Crippen molar-refractivity contribution in [2.75, 3.05) is 6.54 Å². The van der Waals surface area contributed by atoms with Crippen molar-refractivity contribution in [2.45, 2.75) is 37.4 Å². The zero-order valence-corrected chi connectivity index (χ0v) is 9.50. The molecule has 2 unspecified atom stereocenters. The van der Waals surface area contributed by atoms with Crippen molar-refractivity contribution in [1.29, 1.82) is 0 Å². The lowest BCUT2D eigenvalue weighted by Gasteiger charge is -2.33. The van der Waals surface area contributed by atoms with E-state index in [1.807, 2.05) is 0 Å². The summed E-state index contributed by atoms with van der Waals surface area (Å²) in [7, 11) is 0. The van der Waals surface area contributed by atoms with Crippen molar-refractivity contribution in [2.24, 2.45) is 0 Å². The highest BCUT2D eigenvalue weighted by atomic mass is 19.4. The van der Waals surface area contributed by atoms with Gasteiger partial charge in [0.15, 0.2) is 0 Å². The van der Waals surface area contributed by atoms with E-state index in [1.54, 1.807) is 30.3 Å². The number of benzene rings is 1. The molecule has 0 amide bonds. The molecule has 0 aliphatic carbocycles. The van der Waals surface area contributed by atoms with Crippen LogP contribution in [-0.4, -0.2) is 18.8 Å². The predicted octanol–water partition coefficient (Wildman–Crippen LogP) is 3.47. The van der Waals surface area contributed by atoms with Crippen LogP contribution in [0.25, 0.3) is 0 Å². The molecule has 0 aromatic heterocycles. The van der Waals surface area contributed by atoms with E-state index in [1.165, 1.54) is 0 Å². The second kappa shape index (κ2) is 5.08. The Bertz CT molecular complexity index is 341. The molecule has 0 radical (unpaired) electrons. The molecule has 17 heavy (non-hydrogen) atoms. The summed E-state index contributed by atoms with van der Waals surface area (Å²) < 4.78 is 39.5. The molecule has 94 valence electrons.